The molecule has 0 bridgehead atoms. The van der Waals surface area contributed by atoms with Crippen LogP contribution in [0.15, 0.2) is 12.3 Å². The molecule has 0 aromatic carbocycles. The van der Waals surface area contributed by atoms with Crippen molar-refractivity contribution >= 4 is 11.9 Å². The molecule has 6 heteroatoms. The van der Waals surface area contributed by atoms with E-state index < -0.39 is 12.0 Å². The summed E-state index contributed by atoms with van der Waals surface area (Å²) in [6.07, 6.45) is 1.74. The number of nitrogens with one attached hydrogen (secondary N) is 1. The highest BCUT2D eigenvalue weighted by Gasteiger charge is 2.20. The number of hydrogen-bond donors (Lipinski definition) is 1. The van der Waals surface area contributed by atoms with Crippen molar-refractivity contribution in [3.05, 3.63) is 18.0 Å². The Morgan fingerprint density at radius 3 is 2.75 bits per heavy atom. The molecule has 88 valence electrons. The Morgan fingerprint density at radius 1 is 1.62 bits per heavy atom. The molecule has 6 nitrogen and oxygen atoms in total. The second-order valence-electron chi connectivity index (χ2n) is 3.46. The van der Waals surface area contributed by atoms with Crippen molar-refractivity contribution in [2.45, 2.75) is 26.4 Å². The van der Waals surface area contributed by atoms with Gasteiger partial charge in [0.25, 0.3) is 0 Å². The molecule has 1 aromatic heterocycles. The molecule has 0 saturated heterocycles. The molecule has 0 saturated carbocycles. The number of methoxy groups -OCH3 is 1. The Balaban J connectivity index is 2.70. The highest BCUT2D eigenvalue weighted by molar-refractivity contribution is 5.83. The summed E-state index contributed by atoms with van der Waals surface area (Å²) in [5, 5.41) is 6.65. The molecular weight excluding hydrogens is 210 g/mol. The second-order valence-corrected chi connectivity index (χ2v) is 3.46. The minimum absolute atomic E-state index is 0.264. The van der Waals surface area contributed by atoms with Gasteiger partial charge in [0.2, 0.25) is 5.91 Å². The van der Waals surface area contributed by atoms with E-state index in [1.807, 2.05) is 13.0 Å². The van der Waals surface area contributed by atoms with Gasteiger partial charge in [0.05, 0.1) is 19.3 Å². The lowest BCUT2D eigenvalue weighted by Crippen LogP contribution is -2.43. The number of aryl methyl sites for hydroxylation is 1. The van der Waals surface area contributed by atoms with Gasteiger partial charge in [-0.05, 0) is 13.0 Å². The van der Waals surface area contributed by atoms with E-state index in [1.165, 1.54) is 14.0 Å². The van der Waals surface area contributed by atoms with Crippen LogP contribution in [0.1, 0.15) is 12.6 Å². The van der Waals surface area contributed by atoms with Crippen LogP contribution in [0, 0.1) is 6.92 Å². The first-order valence-electron chi connectivity index (χ1n) is 4.88. The van der Waals surface area contributed by atoms with E-state index in [-0.39, 0.29) is 12.5 Å². The van der Waals surface area contributed by atoms with Crippen LogP contribution < -0.4 is 5.32 Å². The Hall–Kier alpha value is -1.85. The van der Waals surface area contributed by atoms with E-state index in [1.54, 1.807) is 10.9 Å². The fraction of sp³-hybridized carbons (Fsp3) is 0.500. The van der Waals surface area contributed by atoms with Crippen molar-refractivity contribution < 1.29 is 14.3 Å². The Bertz CT molecular complexity index is 386. The van der Waals surface area contributed by atoms with Crippen molar-refractivity contribution in [2.75, 3.05) is 7.11 Å². The first kappa shape index (κ1) is 12.2. The summed E-state index contributed by atoms with van der Waals surface area (Å²) in [5.74, 6) is -0.761. The van der Waals surface area contributed by atoms with Gasteiger partial charge >= 0.3 is 5.97 Å². The third kappa shape index (κ3) is 3.38. The summed E-state index contributed by atoms with van der Waals surface area (Å²) in [6.45, 7) is 3.46. The normalized spacial score (nSPS) is 11.9. The van der Waals surface area contributed by atoms with Gasteiger partial charge in [0.1, 0.15) is 6.04 Å². The Morgan fingerprint density at radius 2 is 2.31 bits per heavy atom. The molecule has 1 aromatic rings. The molecule has 1 atom stereocenters. The van der Waals surface area contributed by atoms with Crippen molar-refractivity contribution in [3.63, 3.8) is 0 Å². The molecule has 1 unspecified atom stereocenters. The SMILES string of the molecule is COC(=O)C(Cn1ccc(C)n1)NC(C)=O. The third-order valence-electron chi connectivity index (χ3n) is 2.01. The molecule has 0 aliphatic rings. The molecule has 1 amide bonds. The second kappa shape index (κ2) is 5.29. The number of esters is 1. The minimum Gasteiger partial charge on any atom is -0.467 e. The third-order valence-corrected chi connectivity index (χ3v) is 2.01. The van der Waals surface area contributed by atoms with Crippen molar-refractivity contribution in [2.24, 2.45) is 0 Å². The molecule has 1 heterocycles. The van der Waals surface area contributed by atoms with Crippen LogP contribution in [0.3, 0.4) is 0 Å². The maximum Gasteiger partial charge on any atom is 0.330 e. The van der Waals surface area contributed by atoms with Crippen LogP contribution >= 0.6 is 0 Å². The zero-order chi connectivity index (χ0) is 12.1. The molecule has 0 aliphatic heterocycles. The Kier molecular flexibility index (Phi) is 4.04. The summed E-state index contributed by atoms with van der Waals surface area (Å²) in [7, 11) is 1.28. The molecule has 0 spiro atoms. The van der Waals surface area contributed by atoms with Crippen LogP contribution in [0.25, 0.3) is 0 Å². The number of amides is 1. The maximum atomic E-state index is 11.4. The van der Waals surface area contributed by atoms with E-state index in [9.17, 15) is 9.59 Å². The zero-order valence-electron chi connectivity index (χ0n) is 9.56. The van der Waals surface area contributed by atoms with Crippen molar-refractivity contribution in [1.82, 2.24) is 15.1 Å². The first-order chi connectivity index (χ1) is 7.52. The zero-order valence-corrected chi connectivity index (χ0v) is 9.56. The number of aromatic nitrogens is 2. The number of ether oxygens (including phenoxy) is 1. The topological polar surface area (TPSA) is 73.2 Å². The van der Waals surface area contributed by atoms with Gasteiger partial charge in [-0.15, -0.1) is 0 Å². The smallest absolute Gasteiger partial charge is 0.330 e. The molecule has 0 aliphatic carbocycles. The van der Waals surface area contributed by atoms with Crippen LogP contribution in [0.5, 0.6) is 0 Å². The number of carbonyl (C=O) groups excluding carboxylic acids is 2. The van der Waals surface area contributed by atoms with E-state index in [4.69, 9.17) is 0 Å². The van der Waals surface area contributed by atoms with Crippen LogP contribution in [-0.4, -0.2) is 34.8 Å². The van der Waals surface area contributed by atoms with Gasteiger partial charge < -0.3 is 10.1 Å². The average molecular weight is 225 g/mol. The summed E-state index contributed by atoms with van der Waals surface area (Å²) in [5.41, 5.74) is 0.853. The van der Waals surface area contributed by atoms with Gasteiger partial charge in [-0.3, -0.25) is 9.48 Å². The quantitative estimate of drug-likeness (QED) is 0.724. The summed E-state index contributed by atoms with van der Waals surface area (Å²) in [6, 6.07) is 1.11. The fourth-order valence-corrected chi connectivity index (χ4v) is 1.32. The summed E-state index contributed by atoms with van der Waals surface area (Å²) in [4.78, 5) is 22.3. The molecule has 0 radical (unpaired) electrons. The van der Waals surface area contributed by atoms with E-state index >= 15 is 0 Å². The molecule has 1 N–H and O–H groups in total. The predicted octanol–water partition coefficient (Wildman–Crippen LogP) is -0.131. The lowest BCUT2D eigenvalue weighted by molar-refractivity contribution is -0.145. The number of rotatable bonds is 4. The molecule has 16 heavy (non-hydrogen) atoms. The lowest BCUT2D eigenvalue weighted by Gasteiger charge is -2.15. The monoisotopic (exact) mass is 225 g/mol. The van der Waals surface area contributed by atoms with Gasteiger partial charge in [-0.1, -0.05) is 0 Å². The maximum absolute atomic E-state index is 11.4. The van der Waals surface area contributed by atoms with Gasteiger partial charge in [-0.2, -0.15) is 5.10 Å². The number of nitrogens with zero attached hydrogens (tertiary/aromatic N) is 2. The standard InChI is InChI=1S/C10H15N3O3/c1-7-4-5-13(12-7)6-9(10(15)16-3)11-8(2)14/h4-5,9H,6H2,1-3H3,(H,11,14). The minimum atomic E-state index is -0.707. The van der Waals surface area contributed by atoms with Crippen LogP contribution in [0.2, 0.25) is 0 Å². The van der Waals surface area contributed by atoms with E-state index in [0.29, 0.717) is 0 Å². The number of carbonyl (C=O) groups is 2. The van der Waals surface area contributed by atoms with Gasteiger partial charge in [0, 0.05) is 13.1 Å². The van der Waals surface area contributed by atoms with Crippen LogP contribution in [0.4, 0.5) is 0 Å². The predicted molar refractivity (Wildman–Crippen MR) is 56.6 cm³/mol. The fourth-order valence-electron chi connectivity index (χ4n) is 1.32. The Labute approximate surface area is 93.6 Å². The van der Waals surface area contributed by atoms with E-state index in [0.717, 1.165) is 5.69 Å². The van der Waals surface area contributed by atoms with Crippen molar-refractivity contribution in [3.8, 4) is 0 Å². The molecule has 1 rings (SSSR count). The first-order valence-corrected chi connectivity index (χ1v) is 4.88. The highest BCUT2D eigenvalue weighted by Crippen LogP contribution is 1.97. The van der Waals surface area contributed by atoms with Gasteiger partial charge in [0.15, 0.2) is 0 Å². The summed E-state index contributed by atoms with van der Waals surface area (Å²) < 4.78 is 6.19. The summed E-state index contributed by atoms with van der Waals surface area (Å²) >= 11 is 0. The lowest BCUT2D eigenvalue weighted by atomic mass is 10.3. The van der Waals surface area contributed by atoms with Gasteiger partial charge in [-0.25, -0.2) is 4.79 Å². The largest absolute Gasteiger partial charge is 0.467 e. The number of hydrogen-bond acceptors (Lipinski definition) is 4. The van der Waals surface area contributed by atoms with E-state index in [2.05, 4.69) is 15.2 Å². The van der Waals surface area contributed by atoms with Crippen LogP contribution in [-0.2, 0) is 20.9 Å². The van der Waals surface area contributed by atoms with Crippen molar-refractivity contribution in [1.29, 1.82) is 0 Å². The average Bonchev–Trinajstić information content (AvgIpc) is 2.61. The molecule has 0 fully saturated rings. The highest BCUT2D eigenvalue weighted by atomic mass is 16.5. The molecular formula is C10H15N3O3.